The maximum Gasteiger partial charge on any atom is 0.257 e. The fourth-order valence-electron chi connectivity index (χ4n) is 2.57. The van der Waals surface area contributed by atoms with Crippen molar-refractivity contribution in [2.45, 2.75) is 6.54 Å². The molecule has 29 heavy (non-hydrogen) atoms. The lowest BCUT2D eigenvalue weighted by atomic mass is 10.1. The lowest BCUT2D eigenvalue weighted by Crippen LogP contribution is -2.23. The van der Waals surface area contributed by atoms with Crippen LogP contribution in [-0.2, 0) is 6.54 Å². The Morgan fingerprint density at radius 3 is 2.41 bits per heavy atom. The third-order valence-corrected chi connectivity index (χ3v) is 4.10. The molecule has 8 nitrogen and oxygen atoms in total. The fraction of sp³-hybridized carbons (Fsp3) is 0.143. The number of methoxy groups -OCH3 is 2. The molecule has 0 unspecified atom stereocenters. The largest absolute Gasteiger partial charge is 0.497 e. The first-order chi connectivity index (χ1) is 14.1. The van der Waals surface area contributed by atoms with E-state index in [1.165, 1.54) is 25.6 Å². The van der Waals surface area contributed by atoms with Gasteiger partial charge in [0.25, 0.3) is 11.8 Å². The second-order valence-corrected chi connectivity index (χ2v) is 6.03. The van der Waals surface area contributed by atoms with Crippen LogP contribution in [0.1, 0.15) is 26.3 Å². The molecule has 2 N–H and O–H groups in total. The van der Waals surface area contributed by atoms with E-state index in [1.807, 2.05) is 6.07 Å². The normalized spacial score (nSPS) is 10.1. The van der Waals surface area contributed by atoms with Gasteiger partial charge in [0.1, 0.15) is 11.5 Å². The number of aromatic nitrogens is 2. The average molecular weight is 392 g/mol. The molecule has 3 aromatic rings. The van der Waals surface area contributed by atoms with E-state index in [0.717, 1.165) is 5.56 Å². The molecule has 0 spiro atoms. The Kier molecular flexibility index (Phi) is 6.36. The second kappa shape index (κ2) is 9.32. The van der Waals surface area contributed by atoms with E-state index in [-0.39, 0.29) is 17.0 Å². The van der Waals surface area contributed by atoms with Crippen molar-refractivity contribution in [3.05, 3.63) is 77.9 Å². The Morgan fingerprint density at radius 2 is 1.72 bits per heavy atom. The number of rotatable bonds is 7. The highest BCUT2D eigenvalue weighted by Gasteiger charge is 2.14. The van der Waals surface area contributed by atoms with Gasteiger partial charge in [-0.15, -0.1) is 0 Å². The number of hydrogen-bond acceptors (Lipinski definition) is 6. The molecule has 0 saturated heterocycles. The molecule has 148 valence electrons. The highest BCUT2D eigenvalue weighted by molar-refractivity contribution is 6.06. The minimum Gasteiger partial charge on any atom is -0.497 e. The molecule has 0 aliphatic rings. The molecule has 0 bridgehead atoms. The first-order valence-corrected chi connectivity index (χ1v) is 8.76. The van der Waals surface area contributed by atoms with E-state index in [2.05, 4.69) is 20.6 Å². The van der Waals surface area contributed by atoms with Crippen LogP contribution in [0.5, 0.6) is 11.5 Å². The van der Waals surface area contributed by atoms with E-state index in [4.69, 9.17) is 9.47 Å². The van der Waals surface area contributed by atoms with Crippen molar-refractivity contribution in [1.29, 1.82) is 0 Å². The number of benzene rings is 1. The standard InChI is InChI=1S/C21H20N4O4/c1-28-17-5-6-18(19(9-17)29-2)25-21(27)16-8-15(12-23-13-16)20(26)24-11-14-4-3-7-22-10-14/h3-10,12-13H,11H2,1-2H3,(H,24,26)(H,25,27). The van der Waals surface area contributed by atoms with Crippen molar-refractivity contribution in [2.75, 3.05) is 19.5 Å². The quantitative estimate of drug-likeness (QED) is 0.641. The maximum atomic E-state index is 12.6. The number of hydrogen-bond donors (Lipinski definition) is 2. The highest BCUT2D eigenvalue weighted by atomic mass is 16.5. The molecule has 2 amide bonds. The van der Waals surface area contributed by atoms with Crippen LogP contribution in [0.4, 0.5) is 5.69 Å². The predicted molar refractivity (Wildman–Crippen MR) is 107 cm³/mol. The summed E-state index contributed by atoms with van der Waals surface area (Å²) in [5.74, 6) is 0.311. The van der Waals surface area contributed by atoms with E-state index in [1.54, 1.807) is 43.8 Å². The summed E-state index contributed by atoms with van der Waals surface area (Å²) in [6, 6.07) is 10.2. The molecule has 0 aliphatic heterocycles. The number of ether oxygens (including phenoxy) is 2. The summed E-state index contributed by atoms with van der Waals surface area (Å²) in [6.45, 7) is 0.326. The highest BCUT2D eigenvalue weighted by Crippen LogP contribution is 2.29. The number of amides is 2. The lowest BCUT2D eigenvalue weighted by molar-refractivity contribution is 0.0950. The zero-order chi connectivity index (χ0) is 20.6. The first-order valence-electron chi connectivity index (χ1n) is 8.76. The predicted octanol–water partition coefficient (Wildman–Crippen LogP) is 2.68. The molecule has 0 aliphatic carbocycles. The second-order valence-electron chi connectivity index (χ2n) is 6.03. The van der Waals surface area contributed by atoms with Crippen molar-refractivity contribution in [2.24, 2.45) is 0 Å². The van der Waals surface area contributed by atoms with Gasteiger partial charge in [0.05, 0.1) is 31.0 Å². The van der Waals surface area contributed by atoms with Crippen molar-refractivity contribution < 1.29 is 19.1 Å². The van der Waals surface area contributed by atoms with E-state index in [9.17, 15) is 9.59 Å². The van der Waals surface area contributed by atoms with Crippen LogP contribution in [0, 0.1) is 0 Å². The Morgan fingerprint density at radius 1 is 0.931 bits per heavy atom. The Labute approximate surface area is 167 Å². The summed E-state index contributed by atoms with van der Waals surface area (Å²) >= 11 is 0. The molecule has 0 atom stereocenters. The summed E-state index contributed by atoms with van der Waals surface area (Å²) in [7, 11) is 3.04. The molecule has 2 aromatic heterocycles. The van der Waals surface area contributed by atoms with Gasteiger partial charge in [-0.3, -0.25) is 19.6 Å². The van der Waals surface area contributed by atoms with E-state index in [0.29, 0.717) is 23.7 Å². The van der Waals surface area contributed by atoms with Crippen molar-refractivity contribution >= 4 is 17.5 Å². The van der Waals surface area contributed by atoms with Gasteiger partial charge in [0, 0.05) is 37.4 Å². The molecule has 3 rings (SSSR count). The van der Waals surface area contributed by atoms with Gasteiger partial charge in [-0.1, -0.05) is 6.07 Å². The molecule has 0 fully saturated rings. The molecule has 0 radical (unpaired) electrons. The molecule has 0 saturated carbocycles. The van der Waals surface area contributed by atoms with E-state index >= 15 is 0 Å². The number of nitrogens with one attached hydrogen (secondary N) is 2. The maximum absolute atomic E-state index is 12.6. The Hall–Kier alpha value is -3.94. The smallest absolute Gasteiger partial charge is 0.257 e. The lowest BCUT2D eigenvalue weighted by Gasteiger charge is -2.12. The van der Waals surface area contributed by atoms with Gasteiger partial charge in [0.15, 0.2) is 0 Å². The molecule has 8 heteroatoms. The SMILES string of the molecule is COc1ccc(NC(=O)c2cncc(C(=O)NCc3cccnc3)c2)c(OC)c1. The van der Waals surface area contributed by atoms with Crippen molar-refractivity contribution in [3.8, 4) is 11.5 Å². The fourth-order valence-corrected chi connectivity index (χ4v) is 2.57. The van der Waals surface area contributed by atoms with Crippen molar-refractivity contribution in [3.63, 3.8) is 0 Å². The molecular weight excluding hydrogens is 372 g/mol. The van der Waals surface area contributed by atoms with Gasteiger partial charge >= 0.3 is 0 Å². The molecular formula is C21H20N4O4. The Bertz CT molecular complexity index is 1010. The zero-order valence-corrected chi connectivity index (χ0v) is 16.0. The van der Waals surface area contributed by atoms with Crippen LogP contribution >= 0.6 is 0 Å². The van der Waals surface area contributed by atoms with Crippen molar-refractivity contribution in [1.82, 2.24) is 15.3 Å². The molecule has 2 heterocycles. The van der Waals surface area contributed by atoms with E-state index < -0.39 is 5.91 Å². The van der Waals surface area contributed by atoms with Gasteiger partial charge < -0.3 is 20.1 Å². The van der Waals surface area contributed by atoms with Gasteiger partial charge in [-0.2, -0.15) is 0 Å². The summed E-state index contributed by atoms with van der Waals surface area (Å²) in [5.41, 5.74) is 1.87. The summed E-state index contributed by atoms with van der Waals surface area (Å²) in [6.07, 6.45) is 6.13. The van der Waals surface area contributed by atoms with Crippen LogP contribution in [0.2, 0.25) is 0 Å². The average Bonchev–Trinajstić information content (AvgIpc) is 2.78. The van der Waals surface area contributed by atoms with Gasteiger partial charge in [-0.25, -0.2) is 0 Å². The van der Waals surface area contributed by atoms with Crippen LogP contribution < -0.4 is 20.1 Å². The summed E-state index contributed by atoms with van der Waals surface area (Å²) in [5, 5.41) is 5.53. The monoisotopic (exact) mass is 392 g/mol. The topological polar surface area (TPSA) is 102 Å². The third-order valence-electron chi connectivity index (χ3n) is 4.10. The first kappa shape index (κ1) is 19.8. The van der Waals surface area contributed by atoms with Crippen LogP contribution in [0.3, 0.4) is 0 Å². The zero-order valence-electron chi connectivity index (χ0n) is 16.0. The minimum absolute atomic E-state index is 0.247. The number of carbonyl (C=O) groups excluding carboxylic acids is 2. The van der Waals surface area contributed by atoms with Gasteiger partial charge in [0.2, 0.25) is 0 Å². The molecule has 1 aromatic carbocycles. The summed E-state index contributed by atoms with van der Waals surface area (Å²) < 4.78 is 10.4. The minimum atomic E-state index is -0.414. The Balaban J connectivity index is 1.70. The van der Waals surface area contributed by atoms with Gasteiger partial charge in [-0.05, 0) is 29.8 Å². The number of anilines is 1. The summed E-state index contributed by atoms with van der Waals surface area (Å²) in [4.78, 5) is 33.0. The van der Waals surface area contributed by atoms with Crippen LogP contribution in [-0.4, -0.2) is 36.0 Å². The third kappa shape index (κ3) is 5.07. The number of pyridine rings is 2. The number of carbonyl (C=O) groups is 2. The van der Waals surface area contributed by atoms with Crippen LogP contribution in [0.15, 0.2) is 61.2 Å². The number of nitrogens with zero attached hydrogens (tertiary/aromatic N) is 2. The van der Waals surface area contributed by atoms with Crippen LogP contribution in [0.25, 0.3) is 0 Å².